The Morgan fingerprint density at radius 1 is 1.18 bits per heavy atom. The molecule has 0 radical (unpaired) electrons. The van der Waals surface area contributed by atoms with Crippen LogP contribution in [0.15, 0.2) is 24.3 Å². The summed E-state index contributed by atoms with van der Waals surface area (Å²) in [7, 11) is 0. The lowest BCUT2D eigenvalue weighted by Gasteiger charge is -2.32. The van der Waals surface area contributed by atoms with Crippen LogP contribution in [0.2, 0.25) is 0 Å². The van der Waals surface area contributed by atoms with Gasteiger partial charge in [0, 0.05) is 16.8 Å². The van der Waals surface area contributed by atoms with Crippen molar-refractivity contribution in [2.24, 2.45) is 5.73 Å². The van der Waals surface area contributed by atoms with E-state index in [-0.39, 0.29) is 12.1 Å². The molecule has 0 bridgehead atoms. The molecule has 4 nitrogen and oxygen atoms in total. The summed E-state index contributed by atoms with van der Waals surface area (Å²) in [5.41, 5.74) is 6.67. The topological polar surface area (TPSA) is 61.0 Å². The van der Waals surface area contributed by atoms with Crippen molar-refractivity contribution in [3.05, 3.63) is 30.0 Å². The highest BCUT2D eigenvalue weighted by atomic mass is 16.5. The number of nitrogens with zero attached hydrogens (tertiary/aromatic N) is 2. The summed E-state index contributed by atoms with van der Waals surface area (Å²) in [6.45, 7) is 1.96. The predicted octanol–water partition coefficient (Wildman–Crippen LogP) is 1.81. The maximum Gasteiger partial charge on any atom is 0.241 e. The SMILES string of the molecule is Cc1nnc(OC2CC(N)C2)c2ccccc12. The zero-order chi connectivity index (χ0) is 11.8. The number of nitrogens with two attached hydrogens (primary N) is 1. The van der Waals surface area contributed by atoms with Crippen molar-refractivity contribution in [1.82, 2.24) is 10.2 Å². The number of benzene rings is 1. The zero-order valence-corrected chi connectivity index (χ0v) is 9.76. The van der Waals surface area contributed by atoms with E-state index >= 15 is 0 Å². The first-order valence-corrected chi connectivity index (χ1v) is 5.88. The summed E-state index contributed by atoms with van der Waals surface area (Å²) in [6, 6.07) is 8.33. The summed E-state index contributed by atoms with van der Waals surface area (Å²) in [6.07, 6.45) is 2.01. The first-order valence-electron chi connectivity index (χ1n) is 5.88. The van der Waals surface area contributed by atoms with Gasteiger partial charge < -0.3 is 10.5 Å². The van der Waals surface area contributed by atoms with Gasteiger partial charge in [-0.05, 0) is 25.8 Å². The first-order chi connectivity index (χ1) is 8.24. The second-order valence-corrected chi connectivity index (χ2v) is 4.61. The largest absolute Gasteiger partial charge is 0.473 e. The average molecular weight is 229 g/mol. The van der Waals surface area contributed by atoms with Crippen molar-refractivity contribution in [3.8, 4) is 5.88 Å². The quantitative estimate of drug-likeness (QED) is 0.853. The molecule has 88 valence electrons. The van der Waals surface area contributed by atoms with Gasteiger partial charge in [0.25, 0.3) is 0 Å². The van der Waals surface area contributed by atoms with Crippen molar-refractivity contribution < 1.29 is 4.74 Å². The zero-order valence-electron chi connectivity index (χ0n) is 9.76. The van der Waals surface area contributed by atoms with E-state index in [0.717, 1.165) is 29.3 Å². The van der Waals surface area contributed by atoms with Crippen LogP contribution in [0.3, 0.4) is 0 Å². The molecule has 3 rings (SSSR count). The number of hydrogen-bond acceptors (Lipinski definition) is 4. The van der Waals surface area contributed by atoms with Crippen LogP contribution in [0.1, 0.15) is 18.5 Å². The molecule has 0 unspecified atom stereocenters. The van der Waals surface area contributed by atoms with Gasteiger partial charge in [0.2, 0.25) is 5.88 Å². The van der Waals surface area contributed by atoms with E-state index in [2.05, 4.69) is 10.2 Å². The second-order valence-electron chi connectivity index (χ2n) is 4.61. The molecule has 1 aliphatic carbocycles. The Hall–Kier alpha value is -1.68. The van der Waals surface area contributed by atoms with Crippen LogP contribution in [-0.2, 0) is 0 Å². The molecule has 2 N–H and O–H groups in total. The fourth-order valence-electron chi connectivity index (χ4n) is 2.16. The van der Waals surface area contributed by atoms with E-state index < -0.39 is 0 Å². The molecule has 0 amide bonds. The maximum absolute atomic E-state index is 5.84. The van der Waals surface area contributed by atoms with Crippen LogP contribution >= 0.6 is 0 Å². The number of hydrogen-bond donors (Lipinski definition) is 1. The molecule has 1 fully saturated rings. The molecule has 4 heteroatoms. The van der Waals surface area contributed by atoms with Gasteiger partial charge >= 0.3 is 0 Å². The maximum atomic E-state index is 5.84. The third-order valence-electron chi connectivity index (χ3n) is 3.25. The molecule has 1 heterocycles. The molecule has 0 saturated heterocycles. The molecule has 1 aliphatic rings. The van der Waals surface area contributed by atoms with Crippen LogP contribution < -0.4 is 10.5 Å². The van der Waals surface area contributed by atoms with E-state index in [9.17, 15) is 0 Å². The summed E-state index contributed by atoms with van der Waals surface area (Å²) in [4.78, 5) is 0. The molecule has 1 aromatic heterocycles. The number of aryl methyl sites for hydroxylation is 1. The molecule has 17 heavy (non-hydrogen) atoms. The predicted molar refractivity (Wildman–Crippen MR) is 65.9 cm³/mol. The third-order valence-corrected chi connectivity index (χ3v) is 3.25. The van der Waals surface area contributed by atoms with Gasteiger partial charge in [0.05, 0.1) is 5.69 Å². The molecular formula is C13H15N3O. The molecule has 0 atom stereocenters. The van der Waals surface area contributed by atoms with Gasteiger partial charge in [0.1, 0.15) is 6.10 Å². The van der Waals surface area contributed by atoms with Crippen molar-refractivity contribution in [2.75, 3.05) is 0 Å². The first kappa shape index (κ1) is 10.5. The lowest BCUT2D eigenvalue weighted by molar-refractivity contribution is 0.0965. The van der Waals surface area contributed by atoms with Crippen molar-refractivity contribution in [1.29, 1.82) is 0 Å². The molecule has 1 saturated carbocycles. The Balaban J connectivity index is 1.96. The minimum atomic E-state index is 0.199. The van der Waals surface area contributed by atoms with E-state index in [0.29, 0.717) is 5.88 Å². The summed E-state index contributed by atoms with van der Waals surface area (Å²) < 4.78 is 5.84. The van der Waals surface area contributed by atoms with Crippen molar-refractivity contribution in [3.63, 3.8) is 0 Å². The van der Waals surface area contributed by atoms with Crippen LogP contribution in [0, 0.1) is 6.92 Å². The van der Waals surface area contributed by atoms with E-state index in [4.69, 9.17) is 10.5 Å². The number of ether oxygens (including phenoxy) is 1. The van der Waals surface area contributed by atoms with Crippen LogP contribution in [-0.4, -0.2) is 22.3 Å². The Labute approximate surface area is 99.8 Å². The summed E-state index contributed by atoms with van der Waals surface area (Å²) >= 11 is 0. The fourth-order valence-corrected chi connectivity index (χ4v) is 2.16. The molecular weight excluding hydrogens is 214 g/mol. The van der Waals surface area contributed by atoms with Gasteiger partial charge in [-0.25, -0.2) is 0 Å². The highest BCUT2D eigenvalue weighted by Gasteiger charge is 2.28. The summed E-state index contributed by atoms with van der Waals surface area (Å²) in [5, 5.41) is 10.4. The van der Waals surface area contributed by atoms with Gasteiger partial charge in [-0.2, -0.15) is 5.10 Å². The molecule has 0 spiro atoms. The van der Waals surface area contributed by atoms with Gasteiger partial charge in [-0.15, -0.1) is 5.10 Å². The van der Waals surface area contributed by atoms with Crippen LogP contribution in [0.25, 0.3) is 10.8 Å². The van der Waals surface area contributed by atoms with Crippen molar-refractivity contribution in [2.45, 2.75) is 31.9 Å². The minimum absolute atomic E-state index is 0.199. The molecule has 0 aliphatic heterocycles. The number of aromatic nitrogens is 2. The normalized spacial score (nSPS) is 23.4. The smallest absolute Gasteiger partial charge is 0.241 e. The Morgan fingerprint density at radius 2 is 1.88 bits per heavy atom. The van der Waals surface area contributed by atoms with Crippen molar-refractivity contribution >= 4 is 10.8 Å². The highest BCUT2D eigenvalue weighted by Crippen LogP contribution is 2.29. The monoisotopic (exact) mass is 229 g/mol. The highest BCUT2D eigenvalue weighted by molar-refractivity contribution is 5.88. The lowest BCUT2D eigenvalue weighted by atomic mass is 9.90. The Bertz CT molecular complexity index is 549. The van der Waals surface area contributed by atoms with Gasteiger partial charge in [-0.3, -0.25) is 0 Å². The molecule has 2 aromatic rings. The van der Waals surface area contributed by atoms with Crippen LogP contribution in [0.4, 0.5) is 0 Å². The van der Waals surface area contributed by atoms with Crippen LogP contribution in [0.5, 0.6) is 5.88 Å². The van der Waals surface area contributed by atoms with E-state index in [1.165, 1.54) is 0 Å². The summed E-state index contributed by atoms with van der Waals surface area (Å²) in [5.74, 6) is 0.628. The minimum Gasteiger partial charge on any atom is -0.473 e. The average Bonchev–Trinajstić information content (AvgIpc) is 2.31. The Kier molecular flexibility index (Phi) is 2.44. The lowest BCUT2D eigenvalue weighted by Crippen LogP contribution is -2.43. The fraction of sp³-hybridized carbons (Fsp3) is 0.385. The standard InChI is InChI=1S/C13H15N3O/c1-8-11-4-2-3-5-12(11)13(16-15-8)17-10-6-9(14)7-10/h2-5,9-10H,6-7,14H2,1H3. The van der Waals surface area contributed by atoms with Gasteiger partial charge in [0.15, 0.2) is 0 Å². The number of fused-ring (bicyclic) bond motifs is 1. The third kappa shape index (κ3) is 1.85. The van der Waals surface area contributed by atoms with E-state index in [1.807, 2.05) is 31.2 Å². The van der Waals surface area contributed by atoms with E-state index in [1.54, 1.807) is 0 Å². The molecule has 1 aromatic carbocycles. The Morgan fingerprint density at radius 3 is 2.59 bits per heavy atom. The van der Waals surface area contributed by atoms with Gasteiger partial charge in [-0.1, -0.05) is 18.2 Å². The second kappa shape index (κ2) is 3.96. The number of rotatable bonds is 2.